The lowest BCUT2D eigenvalue weighted by Gasteiger charge is -2.53. The number of aliphatic hydroxyl groups is 1. The molecule has 0 aromatic heterocycles. The Morgan fingerprint density at radius 2 is 2.00 bits per heavy atom. The molecule has 0 spiro atoms. The quantitative estimate of drug-likeness (QED) is 0.616. The molecule has 3 nitrogen and oxygen atoms in total. The summed E-state index contributed by atoms with van der Waals surface area (Å²) in [6.45, 7) is 6.23. The summed E-state index contributed by atoms with van der Waals surface area (Å²) in [5.74, 6) is 8.57. The van der Waals surface area contributed by atoms with Gasteiger partial charge in [0.1, 0.15) is 11.4 Å². The second-order valence-corrected chi connectivity index (χ2v) is 10.5. The van der Waals surface area contributed by atoms with Crippen molar-refractivity contribution in [3.63, 3.8) is 0 Å². The van der Waals surface area contributed by atoms with Crippen LogP contribution in [-0.4, -0.2) is 23.6 Å². The van der Waals surface area contributed by atoms with Crippen molar-refractivity contribution in [1.29, 1.82) is 0 Å². The normalized spacial score (nSPS) is 35.8. The molecule has 0 radical (unpaired) electrons. The Kier molecular flexibility index (Phi) is 5.13. The molecule has 0 heterocycles. The SMILES string of the molecule is CC#C[C@]1(O)CC[C@H]2[C@@H]3CCC4=CC(=O)CCC4=C3[C@@H](c3ccc(OC)c(C)c3)C[C@@]21C. The van der Waals surface area contributed by atoms with Gasteiger partial charge >= 0.3 is 0 Å². The zero-order valence-electron chi connectivity index (χ0n) is 19.8. The van der Waals surface area contributed by atoms with E-state index in [1.165, 1.54) is 16.7 Å². The molecule has 32 heavy (non-hydrogen) atoms. The van der Waals surface area contributed by atoms with Crippen LogP contribution in [0.1, 0.15) is 75.8 Å². The molecule has 0 unspecified atom stereocenters. The molecule has 2 saturated carbocycles. The second-order valence-electron chi connectivity index (χ2n) is 10.5. The number of ether oxygens (including phenoxy) is 1. The Balaban J connectivity index is 1.70. The summed E-state index contributed by atoms with van der Waals surface area (Å²) in [5, 5.41) is 11.7. The zero-order chi connectivity index (χ0) is 22.7. The summed E-state index contributed by atoms with van der Waals surface area (Å²) < 4.78 is 5.53. The van der Waals surface area contributed by atoms with Gasteiger partial charge in [-0.15, -0.1) is 5.92 Å². The lowest BCUT2D eigenvalue weighted by atomic mass is 9.51. The molecule has 0 amide bonds. The maximum Gasteiger partial charge on any atom is 0.156 e. The van der Waals surface area contributed by atoms with E-state index in [0.29, 0.717) is 18.3 Å². The van der Waals surface area contributed by atoms with E-state index in [4.69, 9.17) is 4.74 Å². The average Bonchev–Trinajstić information content (AvgIpc) is 3.03. The first-order chi connectivity index (χ1) is 15.3. The van der Waals surface area contributed by atoms with Crippen LogP contribution in [0.2, 0.25) is 0 Å². The molecule has 0 bridgehead atoms. The topological polar surface area (TPSA) is 46.5 Å². The monoisotopic (exact) mass is 430 g/mol. The number of methoxy groups -OCH3 is 1. The Bertz CT molecular complexity index is 1100. The second kappa shape index (κ2) is 7.63. The molecule has 5 rings (SSSR count). The van der Waals surface area contributed by atoms with Crippen LogP contribution < -0.4 is 4.74 Å². The van der Waals surface area contributed by atoms with Crippen LogP contribution in [0, 0.1) is 36.0 Å². The predicted molar refractivity (Wildman–Crippen MR) is 126 cm³/mol. The van der Waals surface area contributed by atoms with Crippen molar-refractivity contribution in [1.82, 2.24) is 0 Å². The van der Waals surface area contributed by atoms with Gasteiger partial charge in [-0.3, -0.25) is 4.79 Å². The molecule has 4 aliphatic rings. The molecule has 0 saturated heterocycles. The van der Waals surface area contributed by atoms with Gasteiger partial charge in [-0.05, 0) is 98.6 Å². The zero-order valence-corrected chi connectivity index (χ0v) is 19.8. The summed E-state index contributed by atoms with van der Waals surface area (Å²) in [5.41, 5.74) is 5.53. The van der Waals surface area contributed by atoms with Crippen LogP contribution in [0.15, 0.2) is 41.0 Å². The summed E-state index contributed by atoms with van der Waals surface area (Å²) in [6, 6.07) is 6.55. The average molecular weight is 431 g/mol. The Hall–Kier alpha value is -2.31. The Morgan fingerprint density at radius 1 is 1.19 bits per heavy atom. The minimum atomic E-state index is -0.930. The third-order valence-electron chi connectivity index (χ3n) is 9.04. The molecular weight excluding hydrogens is 396 g/mol. The highest BCUT2D eigenvalue weighted by Crippen LogP contribution is 2.66. The van der Waals surface area contributed by atoms with Crippen molar-refractivity contribution in [2.75, 3.05) is 7.11 Å². The first-order valence-corrected chi connectivity index (χ1v) is 12.1. The van der Waals surface area contributed by atoms with E-state index in [2.05, 4.69) is 43.9 Å². The molecule has 1 aromatic carbocycles. The fraction of sp³-hybridized carbons (Fsp3) is 0.552. The van der Waals surface area contributed by atoms with Crippen molar-refractivity contribution in [3.05, 3.63) is 52.1 Å². The van der Waals surface area contributed by atoms with Gasteiger partial charge < -0.3 is 9.84 Å². The van der Waals surface area contributed by atoms with Gasteiger partial charge in [0.2, 0.25) is 0 Å². The van der Waals surface area contributed by atoms with Crippen LogP contribution in [0.4, 0.5) is 0 Å². The highest BCUT2D eigenvalue weighted by atomic mass is 16.5. The smallest absolute Gasteiger partial charge is 0.156 e. The molecule has 5 atom stereocenters. The molecule has 4 aliphatic carbocycles. The Labute approximate surface area is 191 Å². The van der Waals surface area contributed by atoms with Crippen molar-refractivity contribution in [2.45, 2.75) is 77.2 Å². The minimum absolute atomic E-state index is 0.237. The molecule has 168 valence electrons. The first-order valence-electron chi connectivity index (χ1n) is 12.1. The lowest BCUT2D eigenvalue weighted by molar-refractivity contribution is -0.114. The van der Waals surface area contributed by atoms with E-state index in [0.717, 1.165) is 49.8 Å². The number of fused-ring (bicyclic) bond motifs is 4. The maximum absolute atomic E-state index is 12.2. The van der Waals surface area contributed by atoms with Gasteiger partial charge in [-0.1, -0.05) is 30.6 Å². The van der Waals surface area contributed by atoms with Gasteiger partial charge in [0.15, 0.2) is 5.78 Å². The molecule has 1 N–H and O–H groups in total. The van der Waals surface area contributed by atoms with Gasteiger partial charge in [0, 0.05) is 17.8 Å². The molecule has 3 heteroatoms. The number of aryl methyl sites for hydroxylation is 1. The van der Waals surface area contributed by atoms with Crippen molar-refractivity contribution >= 4 is 5.78 Å². The largest absolute Gasteiger partial charge is 0.496 e. The third kappa shape index (κ3) is 3.03. The number of allylic oxidation sites excluding steroid dienone is 4. The number of benzene rings is 1. The number of carbonyl (C=O) groups excluding carboxylic acids is 1. The number of carbonyl (C=O) groups is 1. The fourth-order valence-electron chi connectivity index (χ4n) is 7.49. The summed E-state index contributed by atoms with van der Waals surface area (Å²) in [6.07, 6.45) is 8.12. The van der Waals surface area contributed by atoms with Crippen LogP contribution >= 0.6 is 0 Å². The molecule has 1 aromatic rings. The number of ketones is 1. The van der Waals surface area contributed by atoms with Gasteiger partial charge in [0.25, 0.3) is 0 Å². The third-order valence-corrected chi connectivity index (χ3v) is 9.04. The number of hydrogen-bond donors (Lipinski definition) is 1. The van der Waals surface area contributed by atoms with Gasteiger partial charge in [-0.25, -0.2) is 0 Å². The van der Waals surface area contributed by atoms with E-state index in [9.17, 15) is 9.90 Å². The van der Waals surface area contributed by atoms with Crippen molar-refractivity contribution in [3.8, 4) is 17.6 Å². The van der Waals surface area contributed by atoms with Gasteiger partial charge in [0.05, 0.1) is 7.11 Å². The standard InChI is InChI=1S/C29H34O3/c1-5-13-29(31)14-12-25-23-9-6-20-16-21(30)8-10-22(20)27(23)24(17-28(25,29)3)19-7-11-26(32-4)18(2)15-19/h7,11,15-16,23-25,31H,6,8-10,12,14,17H2,1-4H3/t23-,24+,25-,28-,29-/m0/s1. The van der Waals surface area contributed by atoms with Crippen LogP contribution in [0.5, 0.6) is 5.75 Å². The fourth-order valence-corrected chi connectivity index (χ4v) is 7.49. The van der Waals surface area contributed by atoms with E-state index in [-0.39, 0.29) is 17.1 Å². The summed E-state index contributed by atoms with van der Waals surface area (Å²) in [7, 11) is 1.72. The highest BCUT2D eigenvalue weighted by molar-refractivity contribution is 5.93. The highest BCUT2D eigenvalue weighted by Gasteiger charge is 2.62. The summed E-state index contributed by atoms with van der Waals surface area (Å²) in [4.78, 5) is 12.2. The minimum Gasteiger partial charge on any atom is -0.496 e. The Morgan fingerprint density at radius 3 is 2.72 bits per heavy atom. The summed E-state index contributed by atoms with van der Waals surface area (Å²) >= 11 is 0. The number of rotatable bonds is 2. The van der Waals surface area contributed by atoms with E-state index in [1.807, 2.05) is 13.0 Å². The van der Waals surface area contributed by atoms with Crippen LogP contribution in [0.3, 0.4) is 0 Å². The molecule has 0 aliphatic heterocycles. The molecular formula is C29H34O3. The van der Waals surface area contributed by atoms with E-state index >= 15 is 0 Å². The predicted octanol–water partition coefficient (Wildman–Crippen LogP) is 5.66. The van der Waals surface area contributed by atoms with E-state index < -0.39 is 5.60 Å². The van der Waals surface area contributed by atoms with Gasteiger partial charge in [-0.2, -0.15) is 0 Å². The van der Waals surface area contributed by atoms with Crippen molar-refractivity contribution in [2.24, 2.45) is 17.3 Å². The van der Waals surface area contributed by atoms with Crippen molar-refractivity contribution < 1.29 is 14.6 Å². The van der Waals surface area contributed by atoms with Crippen LogP contribution in [0.25, 0.3) is 0 Å². The maximum atomic E-state index is 12.2. The van der Waals surface area contributed by atoms with Crippen LogP contribution in [-0.2, 0) is 4.79 Å². The lowest BCUT2D eigenvalue weighted by Crippen LogP contribution is -2.51. The molecule has 2 fully saturated rings. The first kappa shape index (κ1) is 21.5. The van der Waals surface area contributed by atoms with E-state index in [1.54, 1.807) is 12.7 Å². The number of hydrogen-bond acceptors (Lipinski definition) is 3.